The van der Waals surface area contributed by atoms with E-state index in [2.05, 4.69) is 11.4 Å². The van der Waals surface area contributed by atoms with Crippen LogP contribution in [-0.4, -0.2) is 19.3 Å². The number of rotatable bonds is 3. The van der Waals surface area contributed by atoms with Gasteiger partial charge in [-0.15, -0.1) is 11.3 Å². The first-order valence-corrected chi connectivity index (χ1v) is 6.54. The summed E-state index contributed by atoms with van der Waals surface area (Å²) in [4.78, 5) is 0.390. The molecule has 1 aromatic rings. The normalized spacial score (nSPS) is 22.4. The summed E-state index contributed by atoms with van der Waals surface area (Å²) < 4.78 is 5.40. The summed E-state index contributed by atoms with van der Waals surface area (Å²) in [6, 6.07) is 4.25. The topological polar surface area (TPSA) is 94.9 Å². The van der Waals surface area contributed by atoms with Crippen LogP contribution in [0.1, 0.15) is 29.7 Å². The van der Waals surface area contributed by atoms with Crippen molar-refractivity contribution in [3.05, 3.63) is 10.4 Å². The van der Waals surface area contributed by atoms with Crippen LogP contribution < -0.4 is 11.1 Å². The highest BCUT2D eigenvalue weighted by Crippen LogP contribution is 2.36. The SMILES string of the molecule is COC1CCCC1Nc1sc(C#N)c(N)c1C#N. The quantitative estimate of drug-likeness (QED) is 0.869. The molecule has 1 saturated carbocycles. The maximum Gasteiger partial charge on any atom is 0.131 e. The van der Waals surface area contributed by atoms with Crippen molar-refractivity contribution in [3.8, 4) is 12.1 Å². The van der Waals surface area contributed by atoms with Gasteiger partial charge in [0.25, 0.3) is 0 Å². The Morgan fingerprint density at radius 3 is 2.78 bits per heavy atom. The van der Waals surface area contributed by atoms with Crippen molar-refractivity contribution in [2.24, 2.45) is 0 Å². The first-order chi connectivity index (χ1) is 8.71. The van der Waals surface area contributed by atoms with Crippen LogP contribution >= 0.6 is 11.3 Å². The zero-order valence-electron chi connectivity index (χ0n) is 10.1. The highest BCUT2D eigenvalue weighted by atomic mass is 32.1. The lowest BCUT2D eigenvalue weighted by Crippen LogP contribution is -2.29. The minimum atomic E-state index is 0.158. The number of nitrogens with two attached hydrogens (primary N) is 1. The Labute approximate surface area is 110 Å². The fourth-order valence-electron chi connectivity index (χ4n) is 2.28. The van der Waals surface area contributed by atoms with Crippen LogP contribution in [0.15, 0.2) is 0 Å². The Kier molecular flexibility index (Phi) is 3.71. The molecule has 0 saturated heterocycles. The number of ether oxygens (including phenoxy) is 1. The summed E-state index contributed by atoms with van der Waals surface area (Å²) in [5.74, 6) is 0. The molecule has 0 radical (unpaired) electrons. The molecule has 1 aliphatic carbocycles. The third-order valence-corrected chi connectivity index (χ3v) is 4.27. The van der Waals surface area contributed by atoms with E-state index < -0.39 is 0 Å². The molecule has 2 unspecified atom stereocenters. The van der Waals surface area contributed by atoms with Gasteiger partial charge in [-0.05, 0) is 19.3 Å². The third kappa shape index (κ3) is 2.13. The van der Waals surface area contributed by atoms with Crippen molar-refractivity contribution in [3.63, 3.8) is 0 Å². The van der Waals surface area contributed by atoms with Crippen LogP contribution in [0.2, 0.25) is 0 Å². The molecule has 0 aliphatic heterocycles. The van der Waals surface area contributed by atoms with Crippen LogP contribution in [0, 0.1) is 22.7 Å². The molecule has 0 bridgehead atoms. The molecule has 2 atom stereocenters. The van der Waals surface area contributed by atoms with Gasteiger partial charge in [0.15, 0.2) is 0 Å². The second-order valence-corrected chi connectivity index (χ2v) is 5.25. The van der Waals surface area contributed by atoms with Gasteiger partial charge in [-0.25, -0.2) is 0 Å². The lowest BCUT2D eigenvalue weighted by molar-refractivity contribution is 0.101. The first kappa shape index (κ1) is 12.7. The molecule has 5 nitrogen and oxygen atoms in total. The molecule has 1 aliphatic rings. The maximum atomic E-state index is 9.10. The van der Waals surface area contributed by atoms with Gasteiger partial charge in [0.2, 0.25) is 0 Å². The number of nitrogens with one attached hydrogen (secondary N) is 1. The van der Waals surface area contributed by atoms with Gasteiger partial charge >= 0.3 is 0 Å². The number of hydrogen-bond donors (Lipinski definition) is 2. The van der Waals surface area contributed by atoms with Crippen molar-refractivity contribution in [1.82, 2.24) is 0 Å². The lowest BCUT2D eigenvalue weighted by Gasteiger charge is -2.19. The fraction of sp³-hybridized carbons (Fsp3) is 0.500. The van der Waals surface area contributed by atoms with Gasteiger partial charge in [-0.3, -0.25) is 0 Å². The Morgan fingerprint density at radius 1 is 1.39 bits per heavy atom. The van der Waals surface area contributed by atoms with Gasteiger partial charge in [0.05, 0.1) is 17.8 Å². The molecule has 0 aromatic carbocycles. The monoisotopic (exact) mass is 262 g/mol. The lowest BCUT2D eigenvalue weighted by atomic mass is 10.2. The zero-order chi connectivity index (χ0) is 13.1. The van der Waals surface area contributed by atoms with Crippen molar-refractivity contribution in [2.45, 2.75) is 31.4 Å². The number of nitriles is 2. The molecular weight excluding hydrogens is 248 g/mol. The average molecular weight is 262 g/mol. The number of nitrogens with zero attached hydrogens (tertiary/aromatic N) is 2. The van der Waals surface area contributed by atoms with Crippen LogP contribution in [-0.2, 0) is 4.74 Å². The minimum Gasteiger partial charge on any atom is -0.396 e. The summed E-state index contributed by atoms with van der Waals surface area (Å²) in [6.07, 6.45) is 3.28. The molecule has 0 amide bonds. The maximum absolute atomic E-state index is 9.10. The Balaban J connectivity index is 2.25. The van der Waals surface area contributed by atoms with Crippen LogP contribution in [0.3, 0.4) is 0 Å². The van der Waals surface area contributed by atoms with E-state index in [0.717, 1.165) is 19.3 Å². The molecule has 1 fully saturated rings. The van der Waals surface area contributed by atoms with E-state index in [1.54, 1.807) is 7.11 Å². The molecule has 0 spiro atoms. The number of methoxy groups -OCH3 is 1. The van der Waals surface area contributed by atoms with E-state index in [-0.39, 0.29) is 17.8 Å². The largest absolute Gasteiger partial charge is 0.396 e. The van der Waals surface area contributed by atoms with Crippen molar-refractivity contribution < 1.29 is 4.74 Å². The zero-order valence-corrected chi connectivity index (χ0v) is 10.9. The second kappa shape index (κ2) is 5.26. The van der Waals surface area contributed by atoms with Gasteiger partial charge in [-0.2, -0.15) is 10.5 Å². The van der Waals surface area contributed by atoms with E-state index in [0.29, 0.717) is 15.4 Å². The van der Waals surface area contributed by atoms with E-state index in [1.807, 2.05) is 6.07 Å². The van der Waals surface area contributed by atoms with Crippen LogP contribution in [0.25, 0.3) is 0 Å². The highest BCUT2D eigenvalue weighted by Gasteiger charge is 2.28. The molecule has 2 rings (SSSR count). The van der Waals surface area contributed by atoms with Gasteiger partial charge in [-0.1, -0.05) is 0 Å². The predicted octanol–water partition coefficient (Wildman–Crippen LogP) is 2.05. The standard InChI is InChI=1S/C12H14N4OS/c1-17-9-4-2-3-8(9)16-12-7(5-13)11(15)10(6-14)18-12/h8-9,16H,2-4,15H2,1H3. The number of thiophene rings is 1. The Bertz CT molecular complexity index is 525. The Morgan fingerprint density at radius 2 is 2.17 bits per heavy atom. The second-order valence-electron chi connectivity index (χ2n) is 4.23. The molecule has 6 heteroatoms. The first-order valence-electron chi connectivity index (χ1n) is 5.73. The smallest absolute Gasteiger partial charge is 0.131 e. The number of hydrogen-bond acceptors (Lipinski definition) is 6. The van der Waals surface area contributed by atoms with Crippen molar-refractivity contribution in [1.29, 1.82) is 10.5 Å². The van der Waals surface area contributed by atoms with Gasteiger partial charge < -0.3 is 15.8 Å². The van der Waals surface area contributed by atoms with E-state index in [9.17, 15) is 0 Å². The van der Waals surface area contributed by atoms with E-state index in [4.69, 9.17) is 21.0 Å². The fourth-order valence-corrected chi connectivity index (χ4v) is 3.21. The van der Waals surface area contributed by atoms with Crippen LogP contribution in [0.4, 0.5) is 10.7 Å². The highest BCUT2D eigenvalue weighted by molar-refractivity contribution is 7.17. The molecular formula is C12H14N4OS. The van der Waals surface area contributed by atoms with Crippen molar-refractivity contribution in [2.75, 3.05) is 18.2 Å². The molecule has 1 heterocycles. The van der Waals surface area contributed by atoms with E-state index >= 15 is 0 Å². The molecule has 94 valence electrons. The van der Waals surface area contributed by atoms with Gasteiger partial charge in [0.1, 0.15) is 27.6 Å². The van der Waals surface area contributed by atoms with Crippen LogP contribution in [0.5, 0.6) is 0 Å². The summed E-state index contributed by atoms with van der Waals surface area (Å²) in [5, 5.41) is 22.0. The van der Waals surface area contributed by atoms with E-state index in [1.165, 1.54) is 11.3 Å². The third-order valence-electron chi connectivity index (χ3n) is 3.23. The summed E-state index contributed by atoms with van der Waals surface area (Å²) >= 11 is 1.23. The molecule has 18 heavy (non-hydrogen) atoms. The minimum absolute atomic E-state index is 0.158. The summed E-state index contributed by atoms with van der Waals surface area (Å²) in [6.45, 7) is 0. The predicted molar refractivity (Wildman–Crippen MR) is 70.2 cm³/mol. The molecule has 1 aromatic heterocycles. The van der Waals surface area contributed by atoms with Gasteiger partial charge in [0, 0.05) is 7.11 Å². The number of anilines is 2. The summed E-state index contributed by atoms with van der Waals surface area (Å²) in [5.41, 5.74) is 6.41. The molecule has 3 N–H and O–H groups in total. The average Bonchev–Trinajstić information content (AvgIpc) is 2.94. The Hall–Kier alpha value is -1.76. The number of nitrogen functional groups attached to an aromatic ring is 1. The van der Waals surface area contributed by atoms with Crippen molar-refractivity contribution >= 4 is 22.0 Å². The summed E-state index contributed by atoms with van der Waals surface area (Å²) in [7, 11) is 1.69.